The Kier molecular flexibility index (Phi) is 6.32. The molecule has 0 radical (unpaired) electrons. The standard InChI is InChI=1S/C29H48O2/c1-7-20(19(2)3)12-17-29(6,31)26-11-10-24-23-9-8-21-18-22(30)13-15-27(21,4)25(23)14-16-28(24,26)5/h7-8,19,22-26,30-31H,9-18H2,1-6H3/t22?,23-,24-,25-,26-,27-,28-,29-/m0/s1. The van der Waals surface area contributed by atoms with E-state index in [2.05, 4.69) is 53.7 Å². The van der Waals surface area contributed by atoms with Crippen molar-refractivity contribution < 1.29 is 10.2 Å². The van der Waals surface area contributed by atoms with Gasteiger partial charge in [-0.25, -0.2) is 0 Å². The van der Waals surface area contributed by atoms with Gasteiger partial charge in [-0.1, -0.05) is 51.0 Å². The number of fused-ring (bicyclic) bond motifs is 5. The van der Waals surface area contributed by atoms with Crippen molar-refractivity contribution in [1.82, 2.24) is 0 Å². The first kappa shape index (κ1) is 23.6. The first-order chi connectivity index (χ1) is 14.5. The van der Waals surface area contributed by atoms with Gasteiger partial charge in [-0.05, 0) is 118 Å². The molecule has 0 aromatic carbocycles. The van der Waals surface area contributed by atoms with Crippen molar-refractivity contribution >= 4 is 0 Å². The van der Waals surface area contributed by atoms with Crippen LogP contribution in [0, 0.1) is 40.4 Å². The van der Waals surface area contributed by atoms with E-state index in [-0.39, 0.29) is 11.5 Å². The van der Waals surface area contributed by atoms with Gasteiger partial charge in [0.05, 0.1) is 11.7 Å². The van der Waals surface area contributed by atoms with Crippen LogP contribution in [-0.2, 0) is 0 Å². The van der Waals surface area contributed by atoms with E-state index < -0.39 is 5.60 Å². The predicted molar refractivity (Wildman–Crippen MR) is 130 cm³/mol. The third-order valence-electron chi connectivity index (χ3n) is 10.9. The van der Waals surface area contributed by atoms with E-state index in [4.69, 9.17) is 0 Å². The molecule has 3 saturated carbocycles. The fourth-order valence-corrected chi connectivity index (χ4v) is 9.00. The molecule has 1 unspecified atom stereocenters. The Morgan fingerprint density at radius 2 is 1.90 bits per heavy atom. The Hall–Kier alpha value is -0.600. The summed E-state index contributed by atoms with van der Waals surface area (Å²) in [5, 5.41) is 22.0. The van der Waals surface area contributed by atoms with Crippen molar-refractivity contribution in [2.24, 2.45) is 40.4 Å². The van der Waals surface area contributed by atoms with Crippen molar-refractivity contribution in [1.29, 1.82) is 0 Å². The molecule has 0 bridgehead atoms. The smallest absolute Gasteiger partial charge is 0.0656 e. The minimum atomic E-state index is -0.575. The summed E-state index contributed by atoms with van der Waals surface area (Å²) in [7, 11) is 0. The number of hydrogen-bond donors (Lipinski definition) is 2. The summed E-state index contributed by atoms with van der Waals surface area (Å²) in [5.74, 6) is 3.28. The molecular weight excluding hydrogens is 380 g/mol. The normalized spacial score (nSPS) is 44.9. The average Bonchev–Trinajstić information content (AvgIpc) is 3.07. The molecule has 0 aromatic rings. The van der Waals surface area contributed by atoms with E-state index in [1.807, 2.05) is 0 Å². The van der Waals surface area contributed by atoms with Gasteiger partial charge in [0, 0.05) is 0 Å². The fourth-order valence-electron chi connectivity index (χ4n) is 9.00. The van der Waals surface area contributed by atoms with Gasteiger partial charge < -0.3 is 10.2 Å². The molecule has 3 fully saturated rings. The summed E-state index contributed by atoms with van der Waals surface area (Å²) in [6, 6.07) is 0. The van der Waals surface area contributed by atoms with E-state index in [9.17, 15) is 10.2 Å². The largest absolute Gasteiger partial charge is 0.393 e. The molecule has 0 spiro atoms. The van der Waals surface area contributed by atoms with E-state index in [0.717, 1.165) is 49.9 Å². The summed E-state index contributed by atoms with van der Waals surface area (Å²) < 4.78 is 0. The molecule has 0 heterocycles. The molecule has 2 N–H and O–H groups in total. The minimum absolute atomic E-state index is 0.122. The lowest BCUT2D eigenvalue weighted by atomic mass is 9.46. The maximum Gasteiger partial charge on any atom is 0.0656 e. The zero-order chi connectivity index (χ0) is 22.6. The Balaban J connectivity index is 1.53. The van der Waals surface area contributed by atoms with Gasteiger partial charge >= 0.3 is 0 Å². The topological polar surface area (TPSA) is 40.5 Å². The molecule has 31 heavy (non-hydrogen) atoms. The number of aliphatic hydroxyl groups excluding tert-OH is 1. The third-order valence-corrected chi connectivity index (χ3v) is 10.9. The Labute approximate surface area is 191 Å². The number of hydrogen-bond acceptors (Lipinski definition) is 2. The van der Waals surface area contributed by atoms with Gasteiger partial charge in [-0.3, -0.25) is 0 Å². The van der Waals surface area contributed by atoms with Crippen molar-refractivity contribution in [2.45, 2.75) is 117 Å². The van der Waals surface area contributed by atoms with Crippen LogP contribution in [0.5, 0.6) is 0 Å². The molecule has 4 rings (SSSR count). The van der Waals surface area contributed by atoms with E-state index in [1.54, 1.807) is 5.57 Å². The summed E-state index contributed by atoms with van der Waals surface area (Å²) in [4.78, 5) is 0. The van der Waals surface area contributed by atoms with Crippen molar-refractivity contribution in [3.05, 3.63) is 23.3 Å². The van der Waals surface area contributed by atoms with Crippen LogP contribution in [0.4, 0.5) is 0 Å². The highest BCUT2D eigenvalue weighted by Crippen LogP contribution is 2.67. The Bertz CT molecular complexity index is 731. The highest BCUT2D eigenvalue weighted by Gasteiger charge is 2.61. The molecule has 0 amide bonds. The van der Waals surface area contributed by atoms with E-state index in [0.29, 0.717) is 17.3 Å². The zero-order valence-corrected chi connectivity index (χ0v) is 21.1. The highest BCUT2D eigenvalue weighted by molar-refractivity contribution is 5.25. The second-order valence-electron chi connectivity index (χ2n) is 12.7. The predicted octanol–water partition coefficient (Wildman–Crippen LogP) is 7.06. The summed E-state index contributed by atoms with van der Waals surface area (Å²) >= 11 is 0. The molecule has 4 aliphatic carbocycles. The lowest BCUT2D eigenvalue weighted by molar-refractivity contribution is -0.104. The maximum atomic E-state index is 11.7. The number of aliphatic hydroxyl groups is 2. The van der Waals surface area contributed by atoms with Gasteiger partial charge in [0.15, 0.2) is 0 Å². The number of allylic oxidation sites excluding steroid dienone is 3. The molecule has 4 aliphatic rings. The zero-order valence-electron chi connectivity index (χ0n) is 21.1. The molecule has 0 saturated heterocycles. The van der Waals surface area contributed by atoms with Crippen molar-refractivity contribution in [2.75, 3.05) is 0 Å². The van der Waals surface area contributed by atoms with Crippen LogP contribution < -0.4 is 0 Å². The third kappa shape index (κ3) is 3.88. The quantitative estimate of drug-likeness (QED) is 0.460. The maximum absolute atomic E-state index is 11.7. The lowest BCUT2D eigenvalue weighted by Gasteiger charge is -2.59. The molecule has 0 aromatic heterocycles. The fraction of sp³-hybridized carbons (Fsp3) is 0.862. The molecular formula is C29H48O2. The van der Waals surface area contributed by atoms with E-state index in [1.165, 1.54) is 37.7 Å². The summed E-state index contributed by atoms with van der Waals surface area (Å²) in [6.07, 6.45) is 15.9. The Morgan fingerprint density at radius 1 is 1.16 bits per heavy atom. The van der Waals surface area contributed by atoms with Crippen molar-refractivity contribution in [3.63, 3.8) is 0 Å². The van der Waals surface area contributed by atoms with Crippen LogP contribution in [0.3, 0.4) is 0 Å². The second-order valence-corrected chi connectivity index (χ2v) is 12.7. The Morgan fingerprint density at radius 3 is 2.58 bits per heavy atom. The van der Waals surface area contributed by atoms with Crippen LogP contribution >= 0.6 is 0 Å². The van der Waals surface area contributed by atoms with Gasteiger partial charge in [-0.15, -0.1) is 0 Å². The highest BCUT2D eigenvalue weighted by atomic mass is 16.3. The van der Waals surface area contributed by atoms with Gasteiger partial charge in [0.25, 0.3) is 0 Å². The number of rotatable bonds is 5. The van der Waals surface area contributed by atoms with Gasteiger partial charge in [0.1, 0.15) is 0 Å². The molecule has 176 valence electrons. The average molecular weight is 429 g/mol. The summed E-state index contributed by atoms with van der Waals surface area (Å²) in [5.41, 5.74) is 3.05. The molecule has 0 aliphatic heterocycles. The lowest BCUT2D eigenvalue weighted by Crippen LogP contribution is -2.53. The second kappa shape index (κ2) is 8.32. The molecule has 2 heteroatoms. The minimum Gasteiger partial charge on any atom is -0.393 e. The first-order valence-electron chi connectivity index (χ1n) is 13.3. The van der Waals surface area contributed by atoms with Crippen molar-refractivity contribution in [3.8, 4) is 0 Å². The van der Waals surface area contributed by atoms with Crippen LogP contribution in [0.2, 0.25) is 0 Å². The van der Waals surface area contributed by atoms with Gasteiger partial charge in [-0.2, -0.15) is 0 Å². The van der Waals surface area contributed by atoms with E-state index >= 15 is 0 Å². The summed E-state index contributed by atoms with van der Waals surface area (Å²) in [6.45, 7) is 13.9. The van der Waals surface area contributed by atoms with Crippen LogP contribution in [-0.4, -0.2) is 21.9 Å². The van der Waals surface area contributed by atoms with Crippen LogP contribution in [0.15, 0.2) is 23.3 Å². The molecule has 8 atom stereocenters. The first-order valence-corrected chi connectivity index (χ1v) is 13.3. The molecule has 2 nitrogen and oxygen atoms in total. The van der Waals surface area contributed by atoms with Crippen LogP contribution in [0.25, 0.3) is 0 Å². The SMILES string of the molecule is CC=C(CC[C@](C)(O)[C@H]1CC[C@H]2[C@@H]3CC=C4CC(O)CC[C@]4(C)[C@H]3CC[C@@]21C)C(C)C. The van der Waals surface area contributed by atoms with Gasteiger partial charge in [0.2, 0.25) is 0 Å². The van der Waals surface area contributed by atoms with Crippen LogP contribution in [0.1, 0.15) is 106 Å². The monoisotopic (exact) mass is 428 g/mol.